The van der Waals surface area contributed by atoms with E-state index in [2.05, 4.69) is 61.3 Å². The van der Waals surface area contributed by atoms with Crippen LogP contribution in [0.5, 0.6) is 11.5 Å². The van der Waals surface area contributed by atoms with Gasteiger partial charge in [0.2, 0.25) is 0 Å². The summed E-state index contributed by atoms with van der Waals surface area (Å²) in [5.41, 5.74) is 5.18. The van der Waals surface area contributed by atoms with Crippen molar-refractivity contribution in [3.8, 4) is 22.9 Å². The van der Waals surface area contributed by atoms with Crippen molar-refractivity contribution in [3.05, 3.63) is 46.9 Å². The number of pyridine rings is 1. The van der Waals surface area contributed by atoms with Crippen molar-refractivity contribution in [2.45, 2.75) is 33.2 Å². The Kier molecular flexibility index (Phi) is 5.06. The highest BCUT2D eigenvalue weighted by Gasteiger charge is 2.26. The molecule has 32 heavy (non-hydrogen) atoms. The van der Waals surface area contributed by atoms with E-state index in [9.17, 15) is 0 Å². The van der Waals surface area contributed by atoms with Gasteiger partial charge in [-0.2, -0.15) is 5.10 Å². The second kappa shape index (κ2) is 7.79. The highest BCUT2D eigenvalue weighted by atomic mass is 35.5. The van der Waals surface area contributed by atoms with Crippen molar-refractivity contribution in [2.75, 3.05) is 24.5 Å². The molecule has 9 heteroatoms. The molecule has 4 aromatic rings. The maximum Gasteiger partial charge on any atom is 0.182 e. The van der Waals surface area contributed by atoms with Crippen molar-refractivity contribution in [1.29, 1.82) is 0 Å². The zero-order valence-corrected chi connectivity index (χ0v) is 19.3. The third-order valence-electron chi connectivity index (χ3n) is 5.79. The van der Waals surface area contributed by atoms with E-state index < -0.39 is 0 Å². The molecular formula is C23H26ClN7O. The zero-order valence-electron chi connectivity index (χ0n) is 18.6. The van der Waals surface area contributed by atoms with Gasteiger partial charge >= 0.3 is 0 Å². The highest BCUT2D eigenvalue weighted by molar-refractivity contribution is 6.32. The molecule has 1 aliphatic rings. The third-order valence-corrected chi connectivity index (χ3v) is 6.06. The van der Waals surface area contributed by atoms with Crippen LogP contribution >= 0.6 is 11.6 Å². The van der Waals surface area contributed by atoms with Crippen molar-refractivity contribution in [3.63, 3.8) is 0 Å². The van der Waals surface area contributed by atoms with Gasteiger partial charge in [-0.25, -0.2) is 9.97 Å². The van der Waals surface area contributed by atoms with E-state index >= 15 is 0 Å². The molecule has 0 aliphatic carbocycles. The van der Waals surface area contributed by atoms with Crippen molar-refractivity contribution >= 4 is 28.5 Å². The fraction of sp³-hybridized carbons (Fsp3) is 0.348. The van der Waals surface area contributed by atoms with E-state index in [0.29, 0.717) is 33.5 Å². The lowest BCUT2D eigenvalue weighted by molar-refractivity contribution is 0.353. The lowest BCUT2D eigenvalue weighted by Crippen LogP contribution is -2.57. The minimum atomic E-state index is 0.0909. The van der Waals surface area contributed by atoms with Gasteiger partial charge in [-0.15, -0.1) is 0 Å². The molecule has 0 atom stereocenters. The molecule has 0 spiro atoms. The number of aromatic amines is 2. The van der Waals surface area contributed by atoms with E-state index in [1.807, 2.05) is 26.0 Å². The molecule has 0 radical (unpaired) electrons. The summed E-state index contributed by atoms with van der Waals surface area (Å²) in [6.45, 7) is 11.2. The van der Waals surface area contributed by atoms with Crippen LogP contribution in [0.3, 0.4) is 0 Å². The molecule has 8 nitrogen and oxygen atoms in total. The Morgan fingerprint density at radius 3 is 2.62 bits per heavy atom. The Balaban J connectivity index is 1.44. The number of aryl methyl sites for hydroxylation is 2. The van der Waals surface area contributed by atoms with Gasteiger partial charge in [-0.3, -0.25) is 5.10 Å². The predicted molar refractivity (Wildman–Crippen MR) is 127 cm³/mol. The van der Waals surface area contributed by atoms with Crippen LogP contribution in [0, 0.1) is 13.8 Å². The molecule has 0 amide bonds. The molecule has 1 saturated heterocycles. The fourth-order valence-corrected chi connectivity index (χ4v) is 4.42. The van der Waals surface area contributed by atoms with Crippen LogP contribution in [0.2, 0.25) is 5.02 Å². The Hall–Kier alpha value is -3.10. The first kappa shape index (κ1) is 20.8. The summed E-state index contributed by atoms with van der Waals surface area (Å²) in [5.74, 6) is 1.88. The van der Waals surface area contributed by atoms with Gasteiger partial charge in [-0.05, 0) is 52.0 Å². The Bertz CT molecular complexity index is 1260. The number of benzene rings is 1. The molecule has 5 rings (SSSR count). The number of nitrogens with zero attached hydrogens (tertiary/aromatic N) is 4. The molecule has 1 fully saturated rings. The lowest BCUT2D eigenvalue weighted by Gasteiger charge is -2.40. The van der Waals surface area contributed by atoms with Gasteiger partial charge in [0.15, 0.2) is 11.4 Å². The number of imidazole rings is 1. The molecule has 4 heterocycles. The SMILES string of the molecule is Cc1n[nH]c(C)c1-c1nc2ncc(Cl)c(Oc3ccc(N4CCNC(C)(C)C4)cc3)c2[nH]1. The molecule has 0 bridgehead atoms. The lowest BCUT2D eigenvalue weighted by atomic mass is 10.0. The van der Waals surface area contributed by atoms with Gasteiger partial charge in [0.1, 0.15) is 22.1 Å². The minimum absolute atomic E-state index is 0.0909. The first-order valence-corrected chi connectivity index (χ1v) is 11.0. The molecule has 0 saturated carbocycles. The minimum Gasteiger partial charge on any atom is -0.453 e. The molecule has 0 unspecified atom stereocenters. The molecule has 1 aromatic carbocycles. The number of nitrogens with one attached hydrogen (secondary N) is 3. The number of anilines is 1. The fourth-order valence-electron chi connectivity index (χ4n) is 4.23. The van der Waals surface area contributed by atoms with E-state index in [4.69, 9.17) is 16.3 Å². The third kappa shape index (κ3) is 3.80. The molecule has 3 aromatic heterocycles. The number of halogens is 1. The van der Waals surface area contributed by atoms with Crippen LogP contribution < -0.4 is 15.0 Å². The van der Waals surface area contributed by atoms with Crippen LogP contribution in [-0.2, 0) is 0 Å². The number of H-pyrrole nitrogens is 2. The maximum absolute atomic E-state index is 6.47. The summed E-state index contributed by atoms with van der Waals surface area (Å²) in [7, 11) is 0. The second-order valence-electron chi connectivity index (χ2n) is 8.86. The average Bonchev–Trinajstić information content (AvgIpc) is 3.32. The number of piperazine rings is 1. The van der Waals surface area contributed by atoms with Gasteiger partial charge in [-0.1, -0.05) is 11.6 Å². The van der Waals surface area contributed by atoms with E-state index in [1.54, 1.807) is 6.20 Å². The van der Waals surface area contributed by atoms with Crippen LogP contribution in [0.4, 0.5) is 5.69 Å². The number of hydrogen-bond acceptors (Lipinski definition) is 6. The standard InChI is InChI=1S/C23H26ClN7O/c1-13-18(14(2)30-29-13)21-27-19-20(17(24)11-25-22(19)28-21)32-16-7-5-15(6-8-16)31-10-9-26-23(3,4)12-31/h5-8,11,26H,9-10,12H2,1-4H3,(H,29,30)(H,25,27,28). The number of rotatable bonds is 4. The van der Waals surface area contributed by atoms with Gasteiger partial charge in [0, 0.05) is 36.6 Å². The number of ether oxygens (including phenoxy) is 1. The monoisotopic (exact) mass is 451 g/mol. The van der Waals surface area contributed by atoms with E-state index in [-0.39, 0.29) is 5.54 Å². The molecule has 1 aliphatic heterocycles. The average molecular weight is 452 g/mol. The van der Waals surface area contributed by atoms with Crippen molar-refractivity contribution < 1.29 is 4.74 Å². The Labute approximate surface area is 191 Å². The number of fused-ring (bicyclic) bond motifs is 1. The van der Waals surface area contributed by atoms with Crippen LogP contribution in [0.1, 0.15) is 25.2 Å². The van der Waals surface area contributed by atoms with Crippen molar-refractivity contribution in [2.24, 2.45) is 0 Å². The first-order valence-electron chi connectivity index (χ1n) is 10.6. The molecular weight excluding hydrogens is 426 g/mol. The summed E-state index contributed by atoms with van der Waals surface area (Å²) in [6.07, 6.45) is 1.57. The molecule has 166 valence electrons. The summed E-state index contributed by atoms with van der Waals surface area (Å²) in [5, 5.41) is 11.2. The van der Waals surface area contributed by atoms with Gasteiger partial charge < -0.3 is 19.9 Å². The Morgan fingerprint density at radius 1 is 1.16 bits per heavy atom. The van der Waals surface area contributed by atoms with Crippen molar-refractivity contribution in [1.82, 2.24) is 30.5 Å². The number of aromatic nitrogens is 5. The summed E-state index contributed by atoms with van der Waals surface area (Å²) in [4.78, 5) is 14.7. The summed E-state index contributed by atoms with van der Waals surface area (Å²) < 4.78 is 6.20. The van der Waals surface area contributed by atoms with Crippen LogP contribution in [0.15, 0.2) is 30.5 Å². The maximum atomic E-state index is 6.47. The van der Waals surface area contributed by atoms with E-state index in [0.717, 1.165) is 36.6 Å². The summed E-state index contributed by atoms with van der Waals surface area (Å²) in [6, 6.07) is 8.10. The Morgan fingerprint density at radius 2 is 1.94 bits per heavy atom. The second-order valence-corrected chi connectivity index (χ2v) is 9.26. The smallest absolute Gasteiger partial charge is 0.182 e. The number of hydrogen-bond donors (Lipinski definition) is 3. The first-order chi connectivity index (χ1) is 15.3. The largest absolute Gasteiger partial charge is 0.453 e. The predicted octanol–water partition coefficient (Wildman–Crippen LogP) is 4.60. The van der Waals surface area contributed by atoms with Crippen LogP contribution in [-0.4, -0.2) is 50.3 Å². The van der Waals surface area contributed by atoms with Gasteiger partial charge in [0.05, 0.1) is 17.5 Å². The highest BCUT2D eigenvalue weighted by Crippen LogP contribution is 2.37. The van der Waals surface area contributed by atoms with Crippen LogP contribution in [0.25, 0.3) is 22.6 Å². The quantitative estimate of drug-likeness (QED) is 0.419. The van der Waals surface area contributed by atoms with Gasteiger partial charge in [0.25, 0.3) is 0 Å². The summed E-state index contributed by atoms with van der Waals surface area (Å²) >= 11 is 6.47. The zero-order chi connectivity index (χ0) is 22.5. The molecule has 3 N–H and O–H groups in total. The normalized spacial score (nSPS) is 16.0. The van der Waals surface area contributed by atoms with E-state index in [1.165, 1.54) is 5.69 Å². The topological polar surface area (TPSA) is 94.8 Å².